The molecule has 0 aliphatic heterocycles. The second kappa shape index (κ2) is 5.84. The SMILES string of the molecule is CC(=O)c1cccc(-c2cnc(-c3cncc(C#N)c3)s2)n1. The molecule has 0 aliphatic carbocycles. The Labute approximate surface area is 130 Å². The molecular formula is C16H10N4OS. The summed E-state index contributed by atoms with van der Waals surface area (Å²) in [5.41, 5.74) is 2.42. The van der Waals surface area contributed by atoms with Gasteiger partial charge in [-0.05, 0) is 18.2 Å². The highest BCUT2D eigenvalue weighted by molar-refractivity contribution is 7.18. The number of carbonyl (C=O) groups excluding carboxylic acids is 1. The fraction of sp³-hybridized carbons (Fsp3) is 0.0625. The number of nitriles is 1. The summed E-state index contributed by atoms with van der Waals surface area (Å²) in [6.45, 7) is 1.49. The Morgan fingerprint density at radius 1 is 1.27 bits per heavy atom. The van der Waals surface area contributed by atoms with Crippen LogP contribution in [0.4, 0.5) is 0 Å². The van der Waals surface area contributed by atoms with E-state index >= 15 is 0 Å². The molecule has 3 heterocycles. The highest BCUT2D eigenvalue weighted by Gasteiger charge is 2.10. The molecule has 3 aromatic heterocycles. The topological polar surface area (TPSA) is 79.5 Å². The first kappa shape index (κ1) is 14.0. The van der Waals surface area contributed by atoms with Crippen molar-refractivity contribution in [1.82, 2.24) is 15.0 Å². The van der Waals surface area contributed by atoms with Gasteiger partial charge in [-0.25, -0.2) is 9.97 Å². The van der Waals surface area contributed by atoms with Crippen molar-refractivity contribution in [2.75, 3.05) is 0 Å². The summed E-state index contributed by atoms with van der Waals surface area (Å²) >= 11 is 1.44. The number of hydrogen-bond acceptors (Lipinski definition) is 6. The van der Waals surface area contributed by atoms with Crippen LogP contribution in [0.25, 0.3) is 21.1 Å². The quantitative estimate of drug-likeness (QED) is 0.693. The van der Waals surface area contributed by atoms with Gasteiger partial charge in [-0.15, -0.1) is 11.3 Å². The Morgan fingerprint density at radius 2 is 2.14 bits per heavy atom. The van der Waals surface area contributed by atoms with Crippen molar-refractivity contribution in [3.63, 3.8) is 0 Å². The molecule has 0 saturated heterocycles. The lowest BCUT2D eigenvalue weighted by molar-refractivity contribution is 0.101. The van der Waals surface area contributed by atoms with Crippen molar-refractivity contribution < 1.29 is 4.79 Å². The molecule has 0 aromatic carbocycles. The Balaban J connectivity index is 1.99. The normalized spacial score (nSPS) is 10.2. The lowest BCUT2D eigenvalue weighted by atomic mass is 10.2. The maximum atomic E-state index is 11.4. The number of ketones is 1. The summed E-state index contributed by atoms with van der Waals surface area (Å²) in [4.78, 5) is 25.0. The molecule has 0 bridgehead atoms. The van der Waals surface area contributed by atoms with Gasteiger partial charge in [-0.1, -0.05) is 6.07 Å². The molecule has 0 atom stereocenters. The fourth-order valence-electron chi connectivity index (χ4n) is 1.91. The molecule has 0 saturated carbocycles. The molecule has 5 nitrogen and oxygen atoms in total. The predicted molar refractivity (Wildman–Crippen MR) is 83.3 cm³/mol. The number of Topliss-reactive ketones (excluding diaryl/α,β-unsaturated/α-hetero) is 1. The van der Waals surface area contributed by atoms with Gasteiger partial charge < -0.3 is 0 Å². The fourth-order valence-corrected chi connectivity index (χ4v) is 2.78. The third-order valence-electron chi connectivity index (χ3n) is 2.98. The largest absolute Gasteiger partial charge is 0.293 e. The average molecular weight is 306 g/mol. The summed E-state index contributed by atoms with van der Waals surface area (Å²) < 4.78 is 0. The smallest absolute Gasteiger partial charge is 0.178 e. The molecule has 6 heteroatoms. The zero-order chi connectivity index (χ0) is 15.5. The molecular weight excluding hydrogens is 296 g/mol. The van der Waals surface area contributed by atoms with Crippen LogP contribution >= 0.6 is 11.3 Å². The highest BCUT2D eigenvalue weighted by Crippen LogP contribution is 2.31. The van der Waals surface area contributed by atoms with Crippen LogP contribution in [0.15, 0.2) is 42.9 Å². The van der Waals surface area contributed by atoms with E-state index in [2.05, 4.69) is 21.0 Å². The van der Waals surface area contributed by atoms with Crippen LogP contribution in [0.2, 0.25) is 0 Å². The van der Waals surface area contributed by atoms with Crippen molar-refractivity contribution in [3.05, 3.63) is 54.1 Å². The minimum absolute atomic E-state index is 0.0717. The van der Waals surface area contributed by atoms with Crippen LogP contribution in [0.3, 0.4) is 0 Å². The van der Waals surface area contributed by atoms with Crippen LogP contribution in [-0.2, 0) is 0 Å². The van der Waals surface area contributed by atoms with Crippen molar-refractivity contribution in [3.8, 4) is 27.2 Å². The lowest BCUT2D eigenvalue weighted by Gasteiger charge is -1.99. The molecule has 0 aliphatic rings. The number of thiazole rings is 1. The van der Waals surface area contributed by atoms with Gasteiger partial charge in [0.05, 0.1) is 16.1 Å². The van der Waals surface area contributed by atoms with Gasteiger partial charge in [-0.3, -0.25) is 9.78 Å². The lowest BCUT2D eigenvalue weighted by Crippen LogP contribution is -1.96. The zero-order valence-electron chi connectivity index (χ0n) is 11.6. The number of nitrogens with zero attached hydrogens (tertiary/aromatic N) is 4. The van der Waals surface area contributed by atoms with Crippen LogP contribution in [0.1, 0.15) is 23.0 Å². The summed E-state index contributed by atoms with van der Waals surface area (Å²) in [6, 6.07) is 9.14. The molecule has 0 radical (unpaired) electrons. The summed E-state index contributed by atoms with van der Waals surface area (Å²) in [6.07, 6.45) is 4.89. The molecule has 0 unspecified atom stereocenters. The third kappa shape index (κ3) is 2.75. The van der Waals surface area contributed by atoms with E-state index in [9.17, 15) is 4.79 Å². The van der Waals surface area contributed by atoms with Crippen molar-refractivity contribution >= 4 is 17.1 Å². The number of pyridine rings is 2. The molecule has 0 amide bonds. The monoisotopic (exact) mass is 306 g/mol. The molecule has 0 fully saturated rings. The molecule has 0 spiro atoms. The van der Waals surface area contributed by atoms with E-state index in [1.54, 1.807) is 30.6 Å². The maximum Gasteiger partial charge on any atom is 0.178 e. The van der Waals surface area contributed by atoms with E-state index < -0.39 is 0 Å². The van der Waals surface area contributed by atoms with Crippen molar-refractivity contribution in [2.45, 2.75) is 6.92 Å². The number of hydrogen-bond donors (Lipinski definition) is 0. The first-order chi connectivity index (χ1) is 10.7. The van der Waals surface area contributed by atoms with Crippen LogP contribution in [0, 0.1) is 11.3 Å². The Bertz CT molecular complexity index is 895. The van der Waals surface area contributed by atoms with E-state index in [0.717, 1.165) is 15.4 Å². The molecule has 106 valence electrons. The first-order valence-corrected chi connectivity index (χ1v) is 7.29. The van der Waals surface area contributed by atoms with Crippen molar-refractivity contribution in [2.24, 2.45) is 0 Å². The zero-order valence-corrected chi connectivity index (χ0v) is 12.5. The number of carbonyl (C=O) groups is 1. The minimum Gasteiger partial charge on any atom is -0.293 e. The van der Waals surface area contributed by atoms with E-state index in [-0.39, 0.29) is 5.78 Å². The van der Waals surface area contributed by atoms with Gasteiger partial charge in [0, 0.05) is 31.1 Å². The highest BCUT2D eigenvalue weighted by atomic mass is 32.1. The molecule has 3 rings (SSSR count). The van der Waals surface area contributed by atoms with Crippen molar-refractivity contribution in [1.29, 1.82) is 5.26 Å². The average Bonchev–Trinajstić information content (AvgIpc) is 3.05. The second-order valence-electron chi connectivity index (χ2n) is 4.57. The Kier molecular flexibility index (Phi) is 3.73. The van der Waals surface area contributed by atoms with Gasteiger partial charge in [0.25, 0.3) is 0 Å². The van der Waals surface area contributed by atoms with E-state index in [1.165, 1.54) is 24.5 Å². The summed E-state index contributed by atoms with van der Waals surface area (Å²) in [5.74, 6) is -0.0717. The second-order valence-corrected chi connectivity index (χ2v) is 5.60. The minimum atomic E-state index is -0.0717. The van der Waals surface area contributed by atoms with Gasteiger partial charge in [-0.2, -0.15) is 5.26 Å². The summed E-state index contributed by atoms with van der Waals surface area (Å²) in [7, 11) is 0. The van der Waals surface area contributed by atoms with Crippen LogP contribution < -0.4 is 0 Å². The third-order valence-corrected chi connectivity index (χ3v) is 4.05. The molecule has 22 heavy (non-hydrogen) atoms. The molecule has 0 N–H and O–H groups in total. The van der Waals surface area contributed by atoms with Gasteiger partial charge in [0.15, 0.2) is 5.78 Å². The standard InChI is InChI=1S/C16H10N4OS/c1-10(21)13-3-2-4-14(20-13)15-9-19-16(22-15)12-5-11(6-17)7-18-8-12/h2-5,7-9H,1H3. The Morgan fingerprint density at radius 3 is 2.91 bits per heavy atom. The number of aromatic nitrogens is 3. The van der Waals surface area contributed by atoms with Crippen LogP contribution in [0.5, 0.6) is 0 Å². The van der Waals surface area contributed by atoms with E-state index in [1.807, 2.05) is 6.07 Å². The summed E-state index contributed by atoms with van der Waals surface area (Å²) in [5, 5.41) is 9.68. The van der Waals surface area contributed by atoms with Gasteiger partial charge >= 0.3 is 0 Å². The Hall–Kier alpha value is -2.91. The van der Waals surface area contributed by atoms with Gasteiger partial charge in [0.1, 0.15) is 16.8 Å². The van der Waals surface area contributed by atoms with E-state index in [4.69, 9.17) is 5.26 Å². The predicted octanol–water partition coefficient (Wildman–Crippen LogP) is 3.34. The van der Waals surface area contributed by atoms with E-state index in [0.29, 0.717) is 17.0 Å². The molecule has 3 aromatic rings. The number of rotatable bonds is 3. The van der Waals surface area contributed by atoms with Gasteiger partial charge in [0.2, 0.25) is 0 Å². The van der Waals surface area contributed by atoms with Crippen LogP contribution in [-0.4, -0.2) is 20.7 Å². The maximum absolute atomic E-state index is 11.4. The first-order valence-electron chi connectivity index (χ1n) is 6.47.